The van der Waals surface area contributed by atoms with Crippen LogP contribution >= 0.6 is 0 Å². The van der Waals surface area contributed by atoms with E-state index in [0.29, 0.717) is 31.9 Å². The normalized spacial score (nSPS) is 11.0. The van der Waals surface area contributed by atoms with Gasteiger partial charge in [-0.15, -0.1) is 0 Å². The molecule has 1 aromatic heterocycles. The number of nitrogens with one attached hydrogen (secondary N) is 2. The molecule has 220 valence electrons. The van der Waals surface area contributed by atoms with E-state index in [1.54, 1.807) is 25.3 Å². The molecule has 9 heteroatoms. The van der Waals surface area contributed by atoms with Crippen LogP contribution in [0.25, 0.3) is 0 Å². The molecule has 1 heterocycles. The van der Waals surface area contributed by atoms with Gasteiger partial charge in [0, 0.05) is 24.7 Å². The lowest BCUT2D eigenvalue weighted by molar-refractivity contribution is -0.144. The first-order valence-corrected chi connectivity index (χ1v) is 14.0. The van der Waals surface area contributed by atoms with Crippen molar-refractivity contribution in [2.75, 3.05) is 26.3 Å². The van der Waals surface area contributed by atoms with Crippen molar-refractivity contribution in [1.29, 1.82) is 0 Å². The number of pyridine rings is 1. The maximum absolute atomic E-state index is 12.3. The van der Waals surface area contributed by atoms with Crippen LogP contribution in [0.3, 0.4) is 0 Å². The molecule has 41 heavy (non-hydrogen) atoms. The molecule has 1 atom stereocenters. The predicted molar refractivity (Wildman–Crippen MR) is 158 cm³/mol. The van der Waals surface area contributed by atoms with Crippen molar-refractivity contribution in [3.8, 4) is 5.88 Å². The number of amides is 1. The average Bonchev–Trinajstić information content (AvgIpc) is 2.98. The third kappa shape index (κ3) is 16.5. The summed E-state index contributed by atoms with van der Waals surface area (Å²) in [7, 11) is 0. The van der Waals surface area contributed by atoms with Crippen LogP contribution in [0, 0.1) is 0 Å². The van der Waals surface area contributed by atoms with E-state index in [1.807, 2.05) is 54.6 Å². The van der Waals surface area contributed by atoms with Crippen molar-refractivity contribution in [2.45, 2.75) is 51.5 Å². The fourth-order valence-electron chi connectivity index (χ4n) is 3.82. The molecule has 3 N–H and O–H groups in total. The third-order valence-corrected chi connectivity index (χ3v) is 5.85. The highest BCUT2D eigenvalue weighted by Crippen LogP contribution is 2.09. The summed E-state index contributed by atoms with van der Waals surface area (Å²) < 4.78 is 10.2. The summed E-state index contributed by atoms with van der Waals surface area (Å²) in [6, 6.07) is 25.3. The Hall–Kier alpha value is -4.24. The number of carboxylic acids is 1. The summed E-state index contributed by atoms with van der Waals surface area (Å²) in [6.45, 7) is 3.48. The average molecular weight is 564 g/mol. The van der Waals surface area contributed by atoms with Crippen LogP contribution in [-0.2, 0) is 32.0 Å². The number of nitrogens with zero attached hydrogens (tertiary/aromatic N) is 1. The number of benzene rings is 2. The van der Waals surface area contributed by atoms with Crippen molar-refractivity contribution in [3.63, 3.8) is 0 Å². The van der Waals surface area contributed by atoms with Crippen LogP contribution in [0.15, 0.2) is 85.1 Å². The van der Waals surface area contributed by atoms with E-state index < -0.39 is 5.97 Å². The van der Waals surface area contributed by atoms with E-state index >= 15 is 0 Å². The van der Waals surface area contributed by atoms with Crippen molar-refractivity contribution >= 4 is 17.8 Å². The molecular weight excluding hydrogens is 522 g/mol. The number of hydrogen-bond acceptors (Lipinski definition) is 7. The molecule has 0 radical (unpaired) electrons. The Morgan fingerprint density at radius 2 is 1.56 bits per heavy atom. The number of rotatable bonds is 17. The van der Waals surface area contributed by atoms with Crippen molar-refractivity contribution in [1.82, 2.24) is 15.6 Å². The van der Waals surface area contributed by atoms with E-state index in [9.17, 15) is 14.4 Å². The monoisotopic (exact) mass is 563 g/mol. The lowest BCUT2D eigenvalue weighted by Crippen LogP contribution is -2.42. The van der Waals surface area contributed by atoms with Gasteiger partial charge in [0.25, 0.3) is 0 Å². The second-order valence-electron chi connectivity index (χ2n) is 9.22. The zero-order chi connectivity index (χ0) is 29.5. The van der Waals surface area contributed by atoms with Crippen molar-refractivity contribution < 1.29 is 29.0 Å². The van der Waals surface area contributed by atoms with E-state index in [-0.39, 0.29) is 37.3 Å². The molecule has 0 aliphatic heterocycles. The second-order valence-corrected chi connectivity index (χ2v) is 9.22. The highest BCUT2D eigenvalue weighted by molar-refractivity contribution is 5.79. The smallest absolute Gasteiger partial charge is 0.307 e. The topological polar surface area (TPSA) is 127 Å². The fourth-order valence-corrected chi connectivity index (χ4v) is 3.82. The lowest BCUT2D eigenvalue weighted by Gasteiger charge is -2.18. The minimum absolute atomic E-state index is 0.101. The highest BCUT2D eigenvalue weighted by atomic mass is 16.5. The van der Waals surface area contributed by atoms with Crippen LogP contribution in [-0.4, -0.2) is 60.3 Å². The number of carboxylic acid groups (broad SMARTS) is 1. The first-order valence-electron chi connectivity index (χ1n) is 14.0. The van der Waals surface area contributed by atoms with Gasteiger partial charge in [-0.05, 0) is 56.3 Å². The number of ether oxygens (including phenoxy) is 2. The maximum atomic E-state index is 12.3. The molecule has 0 fully saturated rings. The second kappa shape index (κ2) is 20.6. The van der Waals surface area contributed by atoms with Crippen LogP contribution in [0.2, 0.25) is 0 Å². The number of hydrogen-bond donors (Lipinski definition) is 3. The molecule has 0 aliphatic rings. The van der Waals surface area contributed by atoms with Gasteiger partial charge >= 0.3 is 11.9 Å². The van der Waals surface area contributed by atoms with E-state index in [2.05, 4.69) is 27.8 Å². The van der Waals surface area contributed by atoms with Gasteiger partial charge in [-0.3, -0.25) is 14.4 Å². The van der Waals surface area contributed by atoms with Crippen LogP contribution < -0.4 is 15.4 Å². The zero-order valence-electron chi connectivity index (χ0n) is 23.7. The van der Waals surface area contributed by atoms with Gasteiger partial charge in [-0.25, -0.2) is 4.98 Å². The molecule has 0 saturated carbocycles. The maximum Gasteiger partial charge on any atom is 0.307 e. The summed E-state index contributed by atoms with van der Waals surface area (Å²) in [6.07, 6.45) is 4.82. The van der Waals surface area contributed by atoms with Crippen molar-refractivity contribution in [3.05, 3.63) is 96.2 Å². The van der Waals surface area contributed by atoms with Gasteiger partial charge in [0.2, 0.25) is 11.8 Å². The molecule has 0 unspecified atom stereocenters. The first-order chi connectivity index (χ1) is 20.0. The molecule has 3 aromatic rings. The van der Waals surface area contributed by atoms with Gasteiger partial charge in [-0.1, -0.05) is 66.7 Å². The molecule has 0 saturated heterocycles. The van der Waals surface area contributed by atoms with Crippen molar-refractivity contribution in [2.24, 2.45) is 0 Å². The lowest BCUT2D eigenvalue weighted by atomic mass is 10.0. The van der Waals surface area contributed by atoms with Gasteiger partial charge in [0.1, 0.15) is 0 Å². The van der Waals surface area contributed by atoms with E-state index in [1.165, 1.54) is 11.1 Å². The van der Waals surface area contributed by atoms with E-state index in [4.69, 9.17) is 14.6 Å². The third-order valence-electron chi connectivity index (χ3n) is 5.85. The Morgan fingerprint density at radius 3 is 2.17 bits per heavy atom. The summed E-state index contributed by atoms with van der Waals surface area (Å²) in [5, 5.41) is 14.5. The first kappa shape index (κ1) is 33.0. The Labute approximate surface area is 242 Å². The SMILES string of the molecule is CCOC(=O)C[C@@H](CCc1ccccc1)NC(=O)CNCCc1ccccc1.O=C(O)CCCOc1ccccn1. The van der Waals surface area contributed by atoms with Gasteiger partial charge < -0.3 is 25.2 Å². The fraction of sp³-hybridized carbons (Fsp3) is 0.375. The Kier molecular flexibility index (Phi) is 16.6. The molecule has 0 aliphatic carbocycles. The molecule has 0 bridgehead atoms. The molecule has 0 spiro atoms. The van der Waals surface area contributed by atoms with Crippen LogP contribution in [0.4, 0.5) is 0 Å². The van der Waals surface area contributed by atoms with Gasteiger partial charge in [0.15, 0.2) is 0 Å². The quantitative estimate of drug-likeness (QED) is 0.165. The number of aryl methyl sites for hydroxylation is 1. The van der Waals surface area contributed by atoms with Gasteiger partial charge in [0.05, 0.1) is 26.2 Å². The van der Waals surface area contributed by atoms with Crippen LogP contribution in [0.5, 0.6) is 5.88 Å². The molecular formula is C32H41N3O6. The largest absolute Gasteiger partial charge is 0.481 e. The number of carbonyl (C=O) groups is 3. The summed E-state index contributed by atoms with van der Waals surface area (Å²) >= 11 is 0. The Balaban J connectivity index is 0.000000377. The minimum atomic E-state index is -0.801. The number of carbonyl (C=O) groups excluding carboxylic acids is 2. The highest BCUT2D eigenvalue weighted by Gasteiger charge is 2.17. The minimum Gasteiger partial charge on any atom is -0.481 e. The molecule has 3 rings (SSSR count). The van der Waals surface area contributed by atoms with Gasteiger partial charge in [-0.2, -0.15) is 0 Å². The number of aromatic nitrogens is 1. The Bertz CT molecular complexity index is 1130. The molecule has 1 amide bonds. The Morgan fingerprint density at radius 1 is 0.902 bits per heavy atom. The number of aliphatic carboxylic acids is 1. The molecule has 2 aromatic carbocycles. The standard InChI is InChI=1S/C23H30N2O3.C9H11NO3/c1-2-28-23(27)17-21(14-13-19-9-5-3-6-10-19)25-22(26)18-24-16-15-20-11-7-4-8-12-20;11-9(12)5-3-7-13-8-4-1-2-6-10-8/h3-12,21,24H,2,13-18H2,1H3,(H,25,26);1-2,4,6H,3,5,7H2,(H,11,12)/t21-;/m1./s1. The molecule has 9 nitrogen and oxygen atoms in total. The van der Waals surface area contributed by atoms with E-state index in [0.717, 1.165) is 19.4 Å². The number of esters is 1. The summed E-state index contributed by atoms with van der Waals surface area (Å²) in [5.41, 5.74) is 2.42. The van der Waals surface area contributed by atoms with Crippen LogP contribution in [0.1, 0.15) is 43.7 Å². The zero-order valence-corrected chi connectivity index (χ0v) is 23.7. The summed E-state index contributed by atoms with van der Waals surface area (Å²) in [4.78, 5) is 38.2. The summed E-state index contributed by atoms with van der Waals surface area (Å²) in [5.74, 6) is -0.647. The predicted octanol–water partition coefficient (Wildman–Crippen LogP) is 4.21.